The maximum atomic E-state index is 12.9. The number of anilines is 1. The van der Waals surface area contributed by atoms with Crippen LogP contribution in [0, 0.1) is 5.82 Å². The molecule has 1 fully saturated rings. The minimum Gasteiger partial charge on any atom is -0.398 e. The molecule has 2 rings (SSSR count). The molecule has 0 aliphatic carbocycles. The lowest BCUT2D eigenvalue weighted by Crippen LogP contribution is -2.42. The van der Waals surface area contributed by atoms with Crippen molar-refractivity contribution in [3.05, 3.63) is 29.6 Å². The number of hydrogen-bond donors (Lipinski definition) is 1. The zero-order valence-electron chi connectivity index (χ0n) is 7.66. The van der Waals surface area contributed by atoms with Crippen LogP contribution in [0.5, 0.6) is 0 Å². The summed E-state index contributed by atoms with van der Waals surface area (Å²) in [7, 11) is 0. The van der Waals surface area contributed by atoms with Gasteiger partial charge in [0.2, 0.25) is 0 Å². The number of halogens is 1. The van der Waals surface area contributed by atoms with Gasteiger partial charge in [0.1, 0.15) is 5.82 Å². The SMILES string of the molecule is Nc1ccc(F)cc1C(=O)N1CCC1. The van der Waals surface area contributed by atoms with Crippen molar-refractivity contribution in [3.8, 4) is 0 Å². The van der Waals surface area contributed by atoms with Gasteiger partial charge in [0.25, 0.3) is 5.91 Å². The lowest BCUT2D eigenvalue weighted by atomic mass is 10.1. The van der Waals surface area contributed by atoms with Crippen molar-refractivity contribution in [1.82, 2.24) is 4.90 Å². The molecule has 1 aliphatic heterocycles. The van der Waals surface area contributed by atoms with Crippen LogP contribution in [0.2, 0.25) is 0 Å². The first-order valence-electron chi connectivity index (χ1n) is 4.53. The number of amides is 1. The second-order valence-electron chi connectivity index (χ2n) is 3.38. The van der Waals surface area contributed by atoms with Gasteiger partial charge in [0.05, 0.1) is 5.56 Å². The van der Waals surface area contributed by atoms with Crippen LogP contribution in [-0.4, -0.2) is 23.9 Å². The van der Waals surface area contributed by atoms with Crippen molar-refractivity contribution in [2.75, 3.05) is 18.8 Å². The summed E-state index contributed by atoms with van der Waals surface area (Å²) in [6.07, 6.45) is 1.01. The van der Waals surface area contributed by atoms with Gasteiger partial charge in [-0.3, -0.25) is 4.79 Å². The summed E-state index contributed by atoms with van der Waals surface area (Å²) >= 11 is 0. The summed E-state index contributed by atoms with van der Waals surface area (Å²) in [5, 5.41) is 0. The topological polar surface area (TPSA) is 46.3 Å². The quantitative estimate of drug-likeness (QED) is 0.684. The Balaban J connectivity index is 2.29. The van der Waals surface area contributed by atoms with Crippen molar-refractivity contribution < 1.29 is 9.18 Å². The number of nitrogen functional groups attached to an aromatic ring is 1. The van der Waals surface area contributed by atoms with E-state index in [0.29, 0.717) is 5.69 Å². The third-order valence-electron chi connectivity index (χ3n) is 2.39. The van der Waals surface area contributed by atoms with E-state index in [9.17, 15) is 9.18 Å². The summed E-state index contributed by atoms with van der Waals surface area (Å²) in [5.74, 6) is -0.601. The Morgan fingerprint density at radius 2 is 2.14 bits per heavy atom. The highest BCUT2D eigenvalue weighted by molar-refractivity contribution is 5.99. The van der Waals surface area contributed by atoms with E-state index in [1.54, 1.807) is 4.90 Å². The highest BCUT2D eigenvalue weighted by Crippen LogP contribution is 2.18. The molecule has 0 radical (unpaired) electrons. The molecule has 1 heterocycles. The molecule has 14 heavy (non-hydrogen) atoms. The molecule has 0 aromatic heterocycles. The lowest BCUT2D eigenvalue weighted by molar-refractivity contribution is 0.0652. The van der Waals surface area contributed by atoms with Crippen molar-refractivity contribution in [1.29, 1.82) is 0 Å². The Kier molecular flexibility index (Phi) is 2.11. The van der Waals surface area contributed by atoms with E-state index in [1.165, 1.54) is 18.2 Å². The predicted molar refractivity (Wildman–Crippen MR) is 51.3 cm³/mol. The fourth-order valence-corrected chi connectivity index (χ4v) is 1.40. The summed E-state index contributed by atoms with van der Waals surface area (Å²) in [6, 6.07) is 3.86. The van der Waals surface area contributed by atoms with Crippen molar-refractivity contribution in [2.45, 2.75) is 6.42 Å². The fourth-order valence-electron chi connectivity index (χ4n) is 1.40. The number of carbonyl (C=O) groups is 1. The van der Waals surface area contributed by atoms with E-state index in [-0.39, 0.29) is 11.5 Å². The van der Waals surface area contributed by atoms with Crippen molar-refractivity contribution in [3.63, 3.8) is 0 Å². The van der Waals surface area contributed by atoms with Gasteiger partial charge >= 0.3 is 0 Å². The highest BCUT2D eigenvalue weighted by atomic mass is 19.1. The first-order chi connectivity index (χ1) is 6.68. The first kappa shape index (κ1) is 8.99. The Hall–Kier alpha value is -1.58. The molecule has 0 atom stereocenters. The number of likely N-dealkylation sites (tertiary alicyclic amines) is 1. The van der Waals surface area contributed by atoms with E-state index >= 15 is 0 Å². The van der Waals surface area contributed by atoms with Crippen molar-refractivity contribution >= 4 is 11.6 Å². The third-order valence-corrected chi connectivity index (χ3v) is 2.39. The average molecular weight is 194 g/mol. The monoisotopic (exact) mass is 194 g/mol. The second kappa shape index (κ2) is 3.29. The molecule has 1 saturated heterocycles. The molecule has 0 bridgehead atoms. The molecule has 1 aromatic rings. The normalized spacial score (nSPS) is 15.1. The predicted octanol–water partition coefficient (Wildman–Crippen LogP) is 1.25. The third kappa shape index (κ3) is 1.43. The van der Waals surface area contributed by atoms with Crippen LogP contribution in [0.3, 0.4) is 0 Å². The second-order valence-corrected chi connectivity index (χ2v) is 3.38. The molecule has 2 N–H and O–H groups in total. The van der Waals surface area contributed by atoms with E-state index < -0.39 is 5.82 Å². The molecule has 0 saturated carbocycles. The number of carbonyl (C=O) groups excluding carboxylic acids is 1. The molecule has 0 unspecified atom stereocenters. The van der Waals surface area contributed by atoms with Gasteiger partial charge < -0.3 is 10.6 Å². The molecule has 3 nitrogen and oxygen atoms in total. The Labute approximate surface area is 81.3 Å². The zero-order chi connectivity index (χ0) is 10.1. The largest absolute Gasteiger partial charge is 0.398 e. The summed E-state index contributed by atoms with van der Waals surface area (Å²) in [5.41, 5.74) is 6.20. The van der Waals surface area contributed by atoms with Crippen LogP contribution < -0.4 is 5.73 Å². The lowest BCUT2D eigenvalue weighted by Gasteiger charge is -2.31. The smallest absolute Gasteiger partial charge is 0.256 e. The van der Waals surface area contributed by atoms with Gasteiger partial charge in [-0.1, -0.05) is 0 Å². The number of nitrogens with zero attached hydrogens (tertiary/aromatic N) is 1. The molecular formula is C10H11FN2O. The summed E-state index contributed by atoms with van der Waals surface area (Å²) < 4.78 is 12.9. The number of nitrogens with two attached hydrogens (primary N) is 1. The van der Waals surface area contributed by atoms with Gasteiger partial charge in [-0.05, 0) is 24.6 Å². The Morgan fingerprint density at radius 3 is 2.71 bits per heavy atom. The fraction of sp³-hybridized carbons (Fsp3) is 0.300. The number of rotatable bonds is 1. The highest BCUT2D eigenvalue weighted by Gasteiger charge is 2.23. The first-order valence-corrected chi connectivity index (χ1v) is 4.53. The Morgan fingerprint density at radius 1 is 1.43 bits per heavy atom. The molecule has 74 valence electrons. The van der Waals surface area contributed by atoms with E-state index in [0.717, 1.165) is 19.5 Å². The molecule has 1 amide bonds. The maximum Gasteiger partial charge on any atom is 0.256 e. The van der Waals surface area contributed by atoms with Crippen LogP contribution in [0.25, 0.3) is 0 Å². The van der Waals surface area contributed by atoms with Crippen LogP contribution in [-0.2, 0) is 0 Å². The average Bonchev–Trinajstić information content (AvgIpc) is 2.06. The van der Waals surface area contributed by atoms with Gasteiger partial charge in [-0.2, -0.15) is 0 Å². The zero-order valence-corrected chi connectivity index (χ0v) is 7.66. The van der Waals surface area contributed by atoms with Crippen LogP contribution in [0.15, 0.2) is 18.2 Å². The van der Waals surface area contributed by atoms with Gasteiger partial charge in [-0.25, -0.2) is 4.39 Å². The molecule has 0 spiro atoms. The molecule has 1 aliphatic rings. The number of hydrogen-bond acceptors (Lipinski definition) is 2. The summed E-state index contributed by atoms with van der Waals surface area (Å²) in [4.78, 5) is 13.3. The summed E-state index contributed by atoms with van der Waals surface area (Å²) in [6.45, 7) is 1.49. The minimum atomic E-state index is -0.428. The van der Waals surface area contributed by atoms with Gasteiger partial charge in [0.15, 0.2) is 0 Å². The standard InChI is InChI=1S/C10H11FN2O/c11-7-2-3-9(12)8(6-7)10(14)13-4-1-5-13/h2-3,6H,1,4-5,12H2. The molecule has 4 heteroatoms. The maximum absolute atomic E-state index is 12.9. The van der Waals surface area contributed by atoms with Crippen LogP contribution in [0.1, 0.15) is 16.8 Å². The van der Waals surface area contributed by atoms with Gasteiger partial charge in [-0.15, -0.1) is 0 Å². The number of benzene rings is 1. The Bertz CT molecular complexity index is 374. The van der Waals surface area contributed by atoms with Crippen LogP contribution in [0.4, 0.5) is 10.1 Å². The van der Waals surface area contributed by atoms with Crippen molar-refractivity contribution in [2.24, 2.45) is 0 Å². The van der Waals surface area contributed by atoms with Gasteiger partial charge in [0, 0.05) is 18.8 Å². The van der Waals surface area contributed by atoms with E-state index in [2.05, 4.69) is 0 Å². The van der Waals surface area contributed by atoms with E-state index in [1.807, 2.05) is 0 Å². The molecular weight excluding hydrogens is 183 g/mol. The van der Waals surface area contributed by atoms with Crippen LogP contribution >= 0.6 is 0 Å². The molecule has 1 aromatic carbocycles. The van der Waals surface area contributed by atoms with E-state index in [4.69, 9.17) is 5.73 Å². The minimum absolute atomic E-state index is 0.173.